The number of benzene rings is 2. The molecule has 1 saturated heterocycles. The number of nitrogens with one attached hydrogen (secondary N) is 2. The van der Waals surface area contributed by atoms with Gasteiger partial charge in [-0.05, 0) is 56.2 Å². The van der Waals surface area contributed by atoms with Gasteiger partial charge in [0.15, 0.2) is 0 Å². The highest BCUT2D eigenvalue weighted by atomic mass is 16.5. The van der Waals surface area contributed by atoms with Gasteiger partial charge in [-0.25, -0.2) is 0 Å². The third-order valence-corrected chi connectivity index (χ3v) is 4.87. The highest BCUT2D eigenvalue weighted by Crippen LogP contribution is 2.29. The molecule has 0 bridgehead atoms. The van der Waals surface area contributed by atoms with Crippen molar-refractivity contribution < 1.29 is 23.8 Å². The molecule has 0 aliphatic carbocycles. The van der Waals surface area contributed by atoms with Crippen LogP contribution in [0.15, 0.2) is 42.5 Å². The predicted molar refractivity (Wildman–Crippen MR) is 109 cm³/mol. The molecule has 2 aromatic rings. The summed E-state index contributed by atoms with van der Waals surface area (Å²) < 4.78 is 16.1. The maximum Gasteiger partial charge on any atom is 0.253 e. The molecule has 154 valence electrons. The maximum atomic E-state index is 12.8. The second-order valence-corrected chi connectivity index (χ2v) is 6.87. The molecule has 1 aliphatic heterocycles. The molecule has 0 unspecified atom stereocenters. The van der Waals surface area contributed by atoms with Crippen LogP contribution in [0.5, 0.6) is 11.5 Å². The van der Waals surface area contributed by atoms with E-state index >= 15 is 0 Å². The lowest BCUT2D eigenvalue weighted by Gasteiger charge is -2.18. The summed E-state index contributed by atoms with van der Waals surface area (Å²) >= 11 is 0. The minimum Gasteiger partial charge on any atom is -0.497 e. The van der Waals surface area contributed by atoms with Crippen LogP contribution in [-0.2, 0) is 9.53 Å². The average Bonchev–Trinajstić information content (AvgIpc) is 3.28. The van der Waals surface area contributed by atoms with Crippen LogP contribution in [0, 0.1) is 0 Å². The number of rotatable bonds is 7. The van der Waals surface area contributed by atoms with Gasteiger partial charge in [0.05, 0.1) is 20.3 Å². The SMILES string of the molecule is COc1ccc(OC)c([C@@H](C)NC(=O)c2cccc(NC(=O)[C@H]3CCCO3)c2)c1. The number of methoxy groups -OCH3 is 2. The van der Waals surface area contributed by atoms with Crippen LogP contribution in [-0.4, -0.2) is 38.7 Å². The van der Waals surface area contributed by atoms with Gasteiger partial charge in [0.2, 0.25) is 0 Å². The molecule has 2 aromatic carbocycles. The van der Waals surface area contributed by atoms with Crippen molar-refractivity contribution in [3.8, 4) is 11.5 Å². The fraction of sp³-hybridized carbons (Fsp3) is 0.364. The number of ether oxygens (including phenoxy) is 3. The number of amides is 2. The molecule has 29 heavy (non-hydrogen) atoms. The molecule has 2 atom stereocenters. The minimum absolute atomic E-state index is 0.186. The Morgan fingerprint density at radius 3 is 2.66 bits per heavy atom. The molecule has 0 spiro atoms. The van der Waals surface area contributed by atoms with E-state index in [1.807, 2.05) is 13.0 Å². The van der Waals surface area contributed by atoms with Crippen molar-refractivity contribution in [1.29, 1.82) is 0 Å². The summed E-state index contributed by atoms with van der Waals surface area (Å²) in [6.07, 6.45) is 1.17. The van der Waals surface area contributed by atoms with E-state index in [0.29, 0.717) is 35.8 Å². The van der Waals surface area contributed by atoms with E-state index in [2.05, 4.69) is 10.6 Å². The summed E-state index contributed by atoms with van der Waals surface area (Å²) in [5.74, 6) is 0.905. The van der Waals surface area contributed by atoms with E-state index < -0.39 is 6.10 Å². The van der Waals surface area contributed by atoms with E-state index in [-0.39, 0.29) is 17.9 Å². The Hall–Kier alpha value is -3.06. The lowest BCUT2D eigenvalue weighted by molar-refractivity contribution is -0.124. The maximum absolute atomic E-state index is 12.8. The Kier molecular flexibility index (Phi) is 6.72. The van der Waals surface area contributed by atoms with Crippen molar-refractivity contribution in [2.75, 3.05) is 26.1 Å². The fourth-order valence-electron chi connectivity index (χ4n) is 3.28. The molecule has 7 nitrogen and oxygen atoms in total. The Morgan fingerprint density at radius 2 is 1.97 bits per heavy atom. The molecule has 0 aromatic heterocycles. The second kappa shape index (κ2) is 9.43. The van der Waals surface area contributed by atoms with Crippen molar-refractivity contribution >= 4 is 17.5 Å². The third kappa shape index (κ3) is 5.06. The lowest BCUT2D eigenvalue weighted by Crippen LogP contribution is -2.28. The first-order chi connectivity index (χ1) is 14.0. The molecule has 7 heteroatoms. The highest BCUT2D eigenvalue weighted by molar-refractivity contribution is 5.98. The molecule has 0 saturated carbocycles. The van der Waals surface area contributed by atoms with Crippen LogP contribution in [0.2, 0.25) is 0 Å². The molecular formula is C22H26N2O5. The van der Waals surface area contributed by atoms with E-state index in [1.54, 1.807) is 50.6 Å². The standard InChI is InChI=1S/C22H26N2O5/c1-14(18-13-17(27-2)9-10-19(18)28-3)23-21(25)15-6-4-7-16(12-15)24-22(26)20-8-5-11-29-20/h4,6-7,9-10,12-14,20H,5,8,11H2,1-3H3,(H,23,25)(H,24,26)/t14-,20-/m1/s1. The zero-order chi connectivity index (χ0) is 20.8. The van der Waals surface area contributed by atoms with E-state index in [1.165, 1.54) is 0 Å². The largest absolute Gasteiger partial charge is 0.497 e. The molecule has 3 rings (SSSR count). The summed E-state index contributed by atoms with van der Waals surface area (Å²) in [4.78, 5) is 25.0. The molecular weight excluding hydrogens is 372 g/mol. The first-order valence-corrected chi connectivity index (χ1v) is 9.57. The normalized spacial score (nSPS) is 16.7. The van der Waals surface area contributed by atoms with Crippen molar-refractivity contribution in [2.45, 2.75) is 31.9 Å². The first-order valence-electron chi connectivity index (χ1n) is 9.57. The van der Waals surface area contributed by atoms with Gasteiger partial charge in [-0.1, -0.05) is 6.07 Å². The topological polar surface area (TPSA) is 85.9 Å². The molecule has 0 radical (unpaired) electrons. The number of carbonyl (C=O) groups is 2. The zero-order valence-corrected chi connectivity index (χ0v) is 16.9. The van der Waals surface area contributed by atoms with Gasteiger partial charge >= 0.3 is 0 Å². The monoisotopic (exact) mass is 398 g/mol. The molecule has 2 amide bonds. The summed E-state index contributed by atoms with van der Waals surface area (Å²) in [5.41, 5.74) is 1.82. The fourth-order valence-corrected chi connectivity index (χ4v) is 3.28. The Bertz CT molecular complexity index is 877. The summed E-state index contributed by atoms with van der Waals surface area (Å²) in [7, 11) is 3.17. The van der Waals surface area contributed by atoms with Gasteiger partial charge in [-0.3, -0.25) is 9.59 Å². The van der Waals surface area contributed by atoms with E-state index in [9.17, 15) is 9.59 Å². The molecule has 1 aliphatic rings. The van der Waals surface area contributed by atoms with Crippen LogP contribution >= 0.6 is 0 Å². The predicted octanol–water partition coefficient (Wildman–Crippen LogP) is 3.31. The third-order valence-electron chi connectivity index (χ3n) is 4.87. The van der Waals surface area contributed by atoms with Crippen molar-refractivity contribution in [3.05, 3.63) is 53.6 Å². The molecule has 2 N–H and O–H groups in total. The first kappa shape index (κ1) is 20.7. The van der Waals surface area contributed by atoms with Crippen LogP contribution in [0.3, 0.4) is 0 Å². The van der Waals surface area contributed by atoms with Crippen molar-refractivity contribution in [1.82, 2.24) is 5.32 Å². The van der Waals surface area contributed by atoms with Crippen LogP contribution in [0.25, 0.3) is 0 Å². The van der Waals surface area contributed by atoms with Crippen molar-refractivity contribution in [3.63, 3.8) is 0 Å². The summed E-state index contributed by atoms with van der Waals surface area (Å²) in [6, 6.07) is 12.0. The molecule has 1 fully saturated rings. The second-order valence-electron chi connectivity index (χ2n) is 6.87. The summed E-state index contributed by atoms with van der Waals surface area (Å²) in [5, 5.41) is 5.78. The van der Waals surface area contributed by atoms with Gasteiger partial charge in [-0.15, -0.1) is 0 Å². The van der Waals surface area contributed by atoms with Crippen LogP contribution in [0.4, 0.5) is 5.69 Å². The average molecular weight is 398 g/mol. The smallest absolute Gasteiger partial charge is 0.253 e. The lowest BCUT2D eigenvalue weighted by atomic mass is 10.1. The van der Waals surface area contributed by atoms with Gasteiger partial charge in [0.1, 0.15) is 17.6 Å². The molecule has 1 heterocycles. The van der Waals surface area contributed by atoms with Crippen molar-refractivity contribution in [2.24, 2.45) is 0 Å². The van der Waals surface area contributed by atoms with Gasteiger partial charge in [-0.2, -0.15) is 0 Å². The number of hydrogen-bond acceptors (Lipinski definition) is 5. The minimum atomic E-state index is -0.423. The number of hydrogen-bond donors (Lipinski definition) is 2. The number of anilines is 1. The summed E-state index contributed by atoms with van der Waals surface area (Å²) in [6.45, 7) is 2.48. The quantitative estimate of drug-likeness (QED) is 0.747. The number of carbonyl (C=O) groups excluding carboxylic acids is 2. The van der Waals surface area contributed by atoms with E-state index in [4.69, 9.17) is 14.2 Å². The zero-order valence-electron chi connectivity index (χ0n) is 16.9. The van der Waals surface area contributed by atoms with Crippen LogP contribution < -0.4 is 20.1 Å². The highest BCUT2D eigenvalue weighted by Gasteiger charge is 2.24. The van der Waals surface area contributed by atoms with Gasteiger partial charge in [0, 0.05) is 23.4 Å². The van der Waals surface area contributed by atoms with Crippen LogP contribution in [0.1, 0.15) is 41.7 Å². The Balaban J connectivity index is 1.70. The van der Waals surface area contributed by atoms with Gasteiger partial charge < -0.3 is 24.8 Å². The Morgan fingerprint density at radius 1 is 1.14 bits per heavy atom. The Labute approximate surface area is 170 Å². The van der Waals surface area contributed by atoms with Gasteiger partial charge in [0.25, 0.3) is 11.8 Å². The van der Waals surface area contributed by atoms with E-state index in [0.717, 1.165) is 12.0 Å².